The van der Waals surface area contributed by atoms with Crippen LogP contribution in [0.25, 0.3) is 17.1 Å². The van der Waals surface area contributed by atoms with Crippen LogP contribution in [0.1, 0.15) is 11.4 Å². The number of nitrogens with one attached hydrogen (secondary N) is 1. The van der Waals surface area contributed by atoms with Gasteiger partial charge in [0.25, 0.3) is 0 Å². The zero-order chi connectivity index (χ0) is 18.5. The van der Waals surface area contributed by atoms with Gasteiger partial charge in [0.1, 0.15) is 17.3 Å². The average Bonchev–Trinajstić information content (AvgIpc) is 3.00. The summed E-state index contributed by atoms with van der Waals surface area (Å²) in [6.45, 7) is 0.355. The summed E-state index contributed by atoms with van der Waals surface area (Å²) in [7, 11) is 5.12. The van der Waals surface area contributed by atoms with Crippen molar-refractivity contribution >= 4 is 23.0 Å². The average molecular weight is 351 g/mol. The molecule has 0 fully saturated rings. The lowest BCUT2D eigenvalue weighted by atomic mass is 10.1. The van der Waals surface area contributed by atoms with Crippen LogP contribution in [-0.2, 0) is 18.4 Å². The molecule has 0 saturated carbocycles. The van der Waals surface area contributed by atoms with E-state index in [1.54, 1.807) is 26.4 Å². The molecule has 26 heavy (non-hydrogen) atoms. The van der Waals surface area contributed by atoms with Gasteiger partial charge in [-0.25, -0.2) is 4.98 Å². The SMILES string of the molecule is COc1ccc(/C=C/C(=O)NCc2nc3ccccc3n2C)c(OC)c1. The van der Waals surface area contributed by atoms with Gasteiger partial charge in [-0.15, -0.1) is 0 Å². The van der Waals surface area contributed by atoms with Crippen LogP contribution in [0.15, 0.2) is 48.5 Å². The lowest BCUT2D eigenvalue weighted by molar-refractivity contribution is -0.116. The normalized spacial score (nSPS) is 11.0. The van der Waals surface area contributed by atoms with E-state index < -0.39 is 0 Å². The number of para-hydroxylation sites is 2. The monoisotopic (exact) mass is 351 g/mol. The molecule has 0 bridgehead atoms. The summed E-state index contributed by atoms with van der Waals surface area (Å²) >= 11 is 0. The number of carbonyl (C=O) groups excluding carboxylic acids is 1. The zero-order valence-electron chi connectivity index (χ0n) is 15.0. The highest BCUT2D eigenvalue weighted by Crippen LogP contribution is 2.25. The molecule has 0 unspecified atom stereocenters. The van der Waals surface area contributed by atoms with Crippen LogP contribution < -0.4 is 14.8 Å². The van der Waals surface area contributed by atoms with Crippen molar-refractivity contribution in [2.75, 3.05) is 14.2 Å². The highest BCUT2D eigenvalue weighted by molar-refractivity contribution is 5.92. The van der Waals surface area contributed by atoms with Gasteiger partial charge in [-0.05, 0) is 30.3 Å². The van der Waals surface area contributed by atoms with E-state index in [0.717, 1.165) is 22.4 Å². The maximum Gasteiger partial charge on any atom is 0.244 e. The summed E-state index contributed by atoms with van der Waals surface area (Å²) in [5.74, 6) is 1.94. The number of hydrogen-bond donors (Lipinski definition) is 1. The van der Waals surface area contributed by atoms with Crippen molar-refractivity contribution in [3.63, 3.8) is 0 Å². The molecule has 0 saturated heterocycles. The van der Waals surface area contributed by atoms with Gasteiger partial charge < -0.3 is 19.4 Å². The molecule has 0 aliphatic carbocycles. The van der Waals surface area contributed by atoms with E-state index in [2.05, 4.69) is 10.3 Å². The van der Waals surface area contributed by atoms with Crippen molar-refractivity contribution in [2.45, 2.75) is 6.54 Å². The van der Waals surface area contributed by atoms with Gasteiger partial charge in [0, 0.05) is 24.8 Å². The second kappa shape index (κ2) is 7.74. The smallest absolute Gasteiger partial charge is 0.244 e. The number of imidazole rings is 1. The summed E-state index contributed by atoms with van der Waals surface area (Å²) in [6, 6.07) is 13.3. The second-order valence-electron chi connectivity index (χ2n) is 5.73. The third-order valence-electron chi connectivity index (χ3n) is 4.16. The van der Waals surface area contributed by atoms with Crippen LogP contribution in [-0.4, -0.2) is 29.7 Å². The number of amides is 1. The highest BCUT2D eigenvalue weighted by atomic mass is 16.5. The van der Waals surface area contributed by atoms with Crippen LogP contribution in [0, 0.1) is 0 Å². The largest absolute Gasteiger partial charge is 0.497 e. The first kappa shape index (κ1) is 17.5. The minimum Gasteiger partial charge on any atom is -0.497 e. The first-order valence-corrected chi connectivity index (χ1v) is 8.20. The molecule has 6 heteroatoms. The summed E-state index contributed by atoms with van der Waals surface area (Å²) in [6.07, 6.45) is 3.19. The predicted molar refractivity (Wildman–Crippen MR) is 101 cm³/mol. The Bertz CT molecular complexity index is 960. The molecule has 1 heterocycles. The molecular formula is C20H21N3O3. The number of methoxy groups -OCH3 is 2. The van der Waals surface area contributed by atoms with Gasteiger partial charge in [0.2, 0.25) is 5.91 Å². The summed E-state index contributed by atoms with van der Waals surface area (Å²) in [5.41, 5.74) is 2.75. The van der Waals surface area contributed by atoms with E-state index in [4.69, 9.17) is 9.47 Å². The molecule has 134 valence electrons. The van der Waals surface area contributed by atoms with Gasteiger partial charge in [-0.2, -0.15) is 0 Å². The van der Waals surface area contributed by atoms with E-state index in [1.807, 2.05) is 48.0 Å². The number of rotatable bonds is 6. The van der Waals surface area contributed by atoms with Crippen molar-refractivity contribution in [1.82, 2.24) is 14.9 Å². The molecule has 0 radical (unpaired) electrons. The lowest BCUT2D eigenvalue weighted by Gasteiger charge is -2.07. The second-order valence-corrected chi connectivity index (χ2v) is 5.73. The van der Waals surface area contributed by atoms with E-state index in [9.17, 15) is 4.79 Å². The van der Waals surface area contributed by atoms with Crippen LogP contribution in [0.2, 0.25) is 0 Å². The van der Waals surface area contributed by atoms with Crippen molar-refractivity contribution in [1.29, 1.82) is 0 Å². The number of aryl methyl sites for hydroxylation is 1. The molecular weight excluding hydrogens is 330 g/mol. The Morgan fingerprint density at radius 2 is 2.00 bits per heavy atom. The Kier molecular flexibility index (Phi) is 5.22. The van der Waals surface area contributed by atoms with Gasteiger partial charge in [-0.1, -0.05) is 12.1 Å². The Labute approximate surface area is 152 Å². The van der Waals surface area contributed by atoms with Crippen molar-refractivity contribution in [3.8, 4) is 11.5 Å². The fourth-order valence-corrected chi connectivity index (χ4v) is 2.70. The van der Waals surface area contributed by atoms with Crippen LogP contribution in [0.5, 0.6) is 11.5 Å². The van der Waals surface area contributed by atoms with E-state index in [-0.39, 0.29) is 5.91 Å². The maximum absolute atomic E-state index is 12.1. The zero-order valence-corrected chi connectivity index (χ0v) is 15.0. The molecule has 3 aromatic rings. The molecule has 6 nitrogen and oxygen atoms in total. The quantitative estimate of drug-likeness (QED) is 0.694. The summed E-state index contributed by atoms with van der Waals surface area (Å²) in [4.78, 5) is 16.7. The number of ether oxygens (including phenoxy) is 2. The Balaban J connectivity index is 1.67. The molecule has 0 aliphatic heterocycles. The summed E-state index contributed by atoms with van der Waals surface area (Å²) in [5, 5.41) is 2.86. The number of hydrogen-bond acceptors (Lipinski definition) is 4. The standard InChI is InChI=1S/C20H21N3O3/c1-23-17-7-5-4-6-16(17)22-19(23)13-21-20(24)11-9-14-8-10-15(25-2)12-18(14)26-3/h4-12H,13H2,1-3H3,(H,21,24)/b11-9+. The predicted octanol–water partition coefficient (Wildman–Crippen LogP) is 2.92. The number of aromatic nitrogens is 2. The molecule has 1 aromatic heterocycles. The molecule has 2 aromatic carbocycles. The molecule has 0 atom stereocenters. The van der Waals surface area contributed by atoms with Gasteiger partial charge in [0.05, 0.1) is 31.8 Å². The van der Waals surface area contributed by atoms with Crippen molar-refractivity contribution < 1.29 is 14.3 Å². The first-order valence-electron chi connectivity index (χ1n) is 8.20. The van der Waals surface area contributed by atoms with Crippen molar-refractivity contribution in [2.24, 2.45) is 7.05 Å². The van der Waals surface area contributed by atoms with Gasteiger partial charge in [0.15, 0.2) is 0 Å². The first-order chi connectivity index (χ1) is 12.6. The fourth-order valence-electron chi connectivity index (χ4n) is 2.70. The Hall–Kier alpha value is -3.28. The Morgan fingerprint density at radius 3 is 2.73 bits per heavy atom. The molecule has 1 N–H and O–H groups in total. The topological polar surface area (TPSA) is 65.4 Å². The third kappa shape index (κ3) is 3.69. The van der Waals surface area contributed by atoms with Crippen LogP contribution in [0.3, 0.4) is 0 Å². The fraction of sp³-hybridized carbons (Fsp3) is 0.200. The number of nitrogens with zero attached hydrogens (tertiary/aromatic N) is 2. The van der Waals surface area contributed by atoms with Crippen molar-refractivity contribution in [3.05, 3.63) is 59.9 Å². The molecule has 0 spiro atoms. The number of carbonyl (C=O) groups is 1. The van der Waals surface area contributed by atoms with E-state index in [1.165, 1.54) is 6.08 Å². The molecule has 3 rings (SSSR count). The lowest BCUT2D eigenvalue weighted by Crippen LogP contribution is -2.22. The van der Waals surface area contributed by atoms with Crippen LogP contribution in [0.4, 0.5) is 0 Å². The minimum absolute atomic E-state index is 0.199. The number of fused-ring (bicyclic) bond motifs is 1. The van der Waals surface area contributed by atoms with Gasteiger partial charge >= 0.3 is 0 Å². The summed E-state index contributed by atoms with van der Waals surface area (Å²) < 4.78 is 12.5. The molecule has 1 amide bonds. The van der Waals surface area contributed by atoms with Gasteiger partial charge in [-0.3, -0.25) is 4.79 Å². The third-order valence-corrected chi connectivity index (χ3v) is 4.16. The van der Waals surface area contributed by atoms with Crippen LogP contribution >= 0.6 is 0 Å². The number of benzene rings is 2. The minimum atomic E-state index is -0.199. The maximum atomic E-state index is 12.1. The van der Waals surface area contributed by atoms with E-state index in [0.29, 0.717) is 18.0 Å². The Morgan fingerprint density at radius 1 is 1.19 bits per heavy atom. The molecule has 0 aliphatic rings. The van der Waals surface area contributed by atoms with E-state index >= 15 is 0 Å². The highest BCUT2D eigenvalue weighted by Gasteiger charge is 2.08.